The second-order valence-electron chi connectivity index (χ2n) is 5.51. The van der Waals surface area contributed by atoms with E-state index in [1.54, 1.807) is 0 Å². The van der Waals surface area contributed by atoms with E-state index in [-0.39, 0.29) is 18.1 Å². The van der Waals surface area contributed by atoms with Crippen molar-refractivity contribution in [1.29, 1.82) is 5.26 Å². The predicted octanol–water partition coefficient (Wildman–Crippen LogP) is 1.52. The molecule has 1 unspecified atom stereocenters. The molecule has 1 heterocycles. The van der Waals surface area contributed by atoms with Gasteiger partial charge in [0.1, 0.15) is 0 Å². The zero-order valence-corrected chi connectivity index (χ0v) is 13.1. The lowest BCUT2D eigenvalue weighted by atomic mass is 9.93. The first-order valence-electron chi connectivity index (χ1n) is 7.15. The maximum Gasteiger partial charge on any atom is 0.211 e. The summed E-state index contributed by atoms with van der Waals surface area (Å²) in [6.07, 6.45) is 1.56. The number of fused-ring (bicyclic) bond motifs is 1. The summed E-state index contributed by atoms with van der Waals surface area (Å²) in [5.41, 5.74) is 2.49. The monoisotopic (exact) mass is 307 g/mol. The van der Waals surface area contributed by atoms with Crippen LogP contribution in [0.25, 0.3) is 0 Å². The van der Waals surface area contributed by atoms with Gasteiger partial charge in [0.2, 0.25) is 10.0 Å². The highest BCUT2D eigenvalue weighted by molar-refractivity contribution is 7.89. The fourth-order valence-electron chi connectivity index (χ4n) is 2.71. The first kappa shape index (κ1) is 15.8. The van der Waals surface area contributed by atoms with Crippen LogP contribution < -0.4 is 9.62 Å². The number of unbranched alkanes of at least 4 members (excludes halogenated alkanes) is 1. The average molecular weight is 307 g/mol. The second kappa shape index (κ2) is 6.92. The molecule has 1 aromatic rings. The van der Waals surface area contributed by atoms with Crippen LogP contribution in [0.3, 0.4) is 0 Å². The fourth-order valence-corrected chi connectivity index (χ4v) is 3.87. The van der Waals surface area contributed by atoms with Crippen LogP contribution in [0.15, 0.2) is 24.3 Å². The van der Waals surface area contributed by atoms with Crippen LogP contribution in [0.2, 0.25) is 0 Å². The molecule has 0 aliphatic carbocycles. The molecule has 0 aromatic heterocycles. The Morgan fingerprint density at radius 3 is 2.95 bits per heavy atom. The number of para-hydroxylation sites is 1. The Bertz CT molecular complexity index is 622. The lowest BCUT2D eigenvalue weighted by molar-refractivity contribution is 0.488. The van der Waals surface area contributed by atoms with E-state index in [9.17, 15) is 8.42 Å². The maximum atomic E-state index is 11.8. The summed E-state index contributed by atoms with van der Waals surface area (Å²) < 4.78 is 26.4. The smallest absolute Gasteiger partial charge is 0.211 e. The van der Waals surface area contributed by atoms with Crippen molar-refractivity contribution in [2.45, 2.75) is 19.3 Å². The van der Waals surface area contributed by atoms with E-state index in [1.165, 1.54) is 11.3 Å². The van der Waals surface area contributed by atoms with Crippen molar-refractivity contribution in [2.24, 2.45) is 5.92 Å². The molecule has 0 fully saturated rings. The third-order valence-electron chi connectivity index (χ3n) is 3.74. The molecule has 114 valence electrons. The van der Waals surface area contributed by atoms with E-state index >= 15 is 0 Å². The van der Waals surface area contributed by atoms with Gasteiger partial charge in [-0.1, -0.05) is 18.2 Å². The minimum atomic E-state index is -3.27. The Morgan fingerprint density at radius 1 is 1.43 bits per heavy atom. The zero-order valence-electron chi connectivity index (χ0n) is 12.2. The Hall–Kier alpha value is -1.58. The molecule has 2 rings (SSSR count). The number of anilines is 1. The normalized spacial score (nSPS) is 18.1. The highest BCUT2D eigenvalue weighted by Crippen LogP contribution is 2.27. The number of hydrogen-bond donors (Lipinski definition) is 1. The van der Waals surface area contributed by atoms with Gasteiger partial charge in [-0.05, 0) is 30.4 Å². The Morgan fingerprint density at radius 2 is 2.19 bits per heavy atom. The van der Waals surface area contributed by atoms with E-state index in [0.717, 1.165) is 13.0 Å². The lowest BCUT2D eigenvalue weighted by Crippen LogP contribution is -2.40. The number of hydrogen-bond acceptors (Lipinski definition) is 4. The van der Waals surface area contributed by atoms with Gasteiger partial charge >= 0.3 is 0 Å². The molecule has 0 bridgehead atoms. The molecular weight excluding hydrogens is 286 g/mol. The van der Waals surface area contributed by atoms with Crippen LogP contribution in [0.1, 0.15) is 18.4 Å². The molecule has 6 heteroatoms. The second-order valence-corrected chi connectivity index (χ2v) is 7.43. The van der Waals surface area contributed by atoms with Crippen molar-refractivity contribution in [3.8, 4) is 6.07 Å². The average Bonchev–Trinajstić information content (AvgIpc) is 2.46. The third-order valence-corrected chi connectivity index (χ3v) is 5.17. The predicted molar refractivity (Wildman–Crippen MR) is 83.5 cm³/mol. The molecule has 1 aliphatic heterocycles. The van der Waals surface area contributed by atoms with E-state index in [0.29, 0.717) is 13.0 Å². The molecule has 5 nitrogen and oxygen atoms in total. The molecule has 0 saturated carbocycles. The van der Waals surface area contributed by atoms with Crippen LogP contribution in [-0.2, 0) is 16.4 Å². The molecular formula is C15H21N3O2S. The summed E-state index contributed by atoms with van der Waals surface area (Å²) in [7, 11) is -1.23. The van der Waals surface area contributed by atoms with Crippen molar-refractivity contribution in [3.05, 3.63) is 29.8 Å². The summed E-state index contributed by atoms with van der Waals surface area (Å²) in [5.74, 6) is 0.301. The molecule has 1 aromatic carbocycles. The summed E-state index contributed by atoms with van der Waals surface area (Å²) in [4.78, 5) is 2.17. The van der Waals surface area contributed by atoms with Crippen LogP contribution >= 0.6 is 0 Å². The third kappa shape index (κ3) is 4.45. The minimum Gasteiger partial charge on any atom is -0.374 e. The van der Waals surface area contributed by atoms with E-state index in [4.69, 9.17) is 5.26 Å². The van der Waals surface area contributed by atoms with Gasteiger partial charge in [-0.3, -0.25) is 0 Å². The highest BCUT2D eigenvalue weighted by Gasteiger charge is 2.23. The first-order chi connectivity index (χ1) is 10.0. The van der Waals surface area contributed by atoms with Crippen molar-refractivity contribution in [3.63, 3.8) is 0 Å². The largest absolute Gasteiger partial charge is 0.374 e. The van der Waals surface area contributed by atoms with Gasteiger partial charge < -0.3 is 4.90 Å². The molecule has 0 amide bonds. The Balaban J connectivity index is 1.90. The highest BCUT2D eigenvalue weighted by atomic mass is 32.2. The van der Waals surface area contributed by atoms with Crippen LogP contribution in [0.4, 0.5) is 5.69 Å². The minimum absolute atomic E-state index is 0.0275. The van der Waals surface area contributed by atoms with Gasteiger partial charge in [0.05, 0.1) is 11.8 Å². The van der Waals surface area contributed by atoms with Crippen molar-refractivity contribution >= 4 is 15.7 Å². The Labute approximate surface area is 126 Å². The molecule has 1 atom stereocenters. The molecule has 0 spiro atoms. The van der Waals surface area contributed by atoms with Crippen molar-refractivity contribution in [1.82, 2.24) is 4.72 Å². The van der Waals surface area contributed by atoms with E-state index < -0.39 is 10.0 Å². The number of nitrogens with one attached hydrogen (secondary N) is 1. The maximum absolute atomic E-state index is 11.8. The van der Waals surface area contributed by atoms with Gasteiger partial charge in [0.25, 0.3) is 0 Å². The fraction of sp³-hybridized carbons (Fsp3) is 0.533. The van der Waals surface area contributed by atoms with Crippen molar-refractivity contribution in [2.75, 3.05) is 30.8 Å². The van der Waals surface area contributed by atoms with Crippen LogP contribution in [0.5, 0.6) is 0 Å². The van der Waals surface area contributed by atoms with Gasteiger partial charge in [-0.2, -0.15) is 5.26 Å². The van der Waals surface area contributed by atoms with Gasteiger partial charge in [-0.25, -0.2) is 13.1 Å². The van der Waals surface area contributed by atoms with E-state index in [1.807, 2.05) is 25.2 Å². The van der Waals surface area contributed by atoms with Gasteiger partial charge in [0, 0.05) is 32.2 Å². The topological polar surface area (TPSA) is 73.2 Å². The Kier molecular flexibility index (Phi) is 5.21. The first-order valence-corrected chi connectivity index (χ1v) is 8.80. The summed E-state index contributed by atoms with van der Waals surface area (Å²) in [5, 5.41) is 8.45. The van der Waals surface area contributed by atoms with Crippen LogP contribution in [0, 0.1) is 17.2 Å². The summed E-state index contributed by atoms with van der Waals surface area (Å²) >= 11 is 0. The molecule has 1 aliphatic rings. The number of nitriles is 1. The standard InChI is InChI=1S/C15H21N3O2S/c1-18-12-13(10-14-6-2-3-7-15(14)18)11-17-21(19,20)9-5-4-8-16/h2-3,6-7,13,17H,4-5,9-12H2,1H3. The number of rotatable bonds is 6. The molecule has 1 N–H and O–H groups in total. The number of sulfonamides is 1. The van der Waals surface area contributed by atoms with E-state index in [2.05, 4.69) is 21.8 Å². The summed E-state index contributed by atoms with van der Waals surface area (Å²) in [6.45, 7) is 1.30. The zero-order chi connectivity index (χ0) is 15.3. The molecule has 0 saturated heterocycles. The van der Waals surface area contributed by atoms with Crippen LogP contribution in [-0.4, -0.2) is 34.3 Å². The van der Waals surface area contributed by atoms with Gasteiger partial charge in [-0.15, -0.1) is 0 Å². The quantitative estimate of drug-likeness (QED) is 0.809. The molecule has 0 radical (unpaired) electrons. The molecule has 21 heavy (non-hydrogen) atoms. The van der Waals surface area contributed by atoms with Gasteiger partial charge in [0.15, 0.2) is 0 Å². The van der Waals surface area contributed by atoms with Crippen molar-refractivity contribution < 1.29 is 8.42 Å². The summed E-state index contributed by atoms with van der Waals surface area (Å²) in [6, 6.07) is 10.2. The number of nitrogens with zero attached hydrogens (tertiary/aromatic N) is 2. The lowest BCUT2D eigenvalue weighted by Gasteiger charge is -2.33. The number of benzene rings is 1. The SMILES string of the molecule is CN1CC(CNS(=O)(=O)CCCC#N)Cc2ccccc21.